The summed E-state index contributed by atoms with van der Waals surface area (Å²) in [6, 6.07) is 15.1. The van der Waals surface area contributed by atoms with Crippen LogP contribution in [0.3, 0.4) is 0 Å². The molecule has 2 aromatic heterocycles. The largest absolute Gasteiger partial charge is 0.619 e. The van der Waals surface area contributed by atoms with E-state index in [1.54, 1.807) is 54.7 Å². The quantitative estimate of drug-likeness (QED) is 0.170. The molecule has 2 heterocycles. The first-order valence-electron chi connectivity index (χ1n) is 8.07. The molecule has 0 bridgehead atoms. The molecule has 0 saturated heterocycles. The second-order valence-corrected chi connectivity index (χ2v) is 5.92. The topological polar surface area (TPSA) is 109 Å². The van der Waals surface area contributed by atoms with Crippen LogP contribution < -0.4 is 5.32 Å². The summed E-state index contributed by atoms with van der Waals surface area (Å²) in [5.74, 6) is 0.0184. The van der Waals surface area contributed by atoms with E-state index >= 15 is 0 Å². The van der Waals surface area contributed by atoms with Crippen molar-refractivity contribution in [2.45, 2.75) is 0 Å². The standard InChI is InChI=1S/C19H15N5O3/c1-23(26)14-7-8-15-17(11-14)24(27)18(22-15)12-4-2-5-13(10-12)21-19(25)16-6-3-9-20-16/h2-11,20,27H,1H2,(H,21,25). The number of fused-ring (bicyclic) bond motifs is 1. The first kappa shape index (κ1) is 16.4. The van der Waals surface area contributed by atoms with E-state index in [-0.39, 0.29) is 5.91 Å². The molecule has 0 saturated carbocycles. The number of hydrogen-bond acceptors (Lipinski definition) is 4. The van der Waals surface area contributed by atoms with Gasteiger partial charge in [0.05, 0.1) is 5.52 Å². The third-order valence-electron chi connectivity index (χ3n) is 4.12. The Kier molecular flexibility index (Phi) is 3.85. The Labute approximate surface area is 153 Å². The molecule has 8 nitrogen and oxygen atoms in total. The van der Waals surface area contributed by atoms with E-state index in [2.05, 4.69) is 22.0 Å². The first-order chi connectivity index (χ1) is 13.0. The predicted molar refractivity (Wildman–Crippen MR) is 102 cm³/mol. The van der Waals surface area contributed by atoms with Crippen molar-refractivity contribution in [1.29, 1.82) is 0 Å². The SMILES string of the molecule is C=[N+]([O-])c1ccc2nc(-c3cccc(NC(=O)c4ccc[nH]4)c3)n(O)c2c1. The Morgan fingerprint density at radius 3 is 2.81 bits per heavy atom. The van der Waals surface area contributed by atoms with Crippen LogP contribution in [-0.2, 0) is 0 Å². The van der Waals surface area contributed by atoms with Gasteiger partial charge < -0.3 is 20.7 Å². The Hall–Kier alpha value is -4.07. The zero-order chi connectivity index (χ0) is 19.0. The second-order valence-electron chi connectivity index (χ2n) is 5.92. The van der Waals surface area contributed by atoms with Gasteiger partial charge in [-0.15, -0.1) is 0 Å². The fraction of sp³-hybridized carbons (Fsp3) is 0. The van der Waals surface area contributed by atoms with Gasteiger partial charge in [-0.25, -0.2) is 4.98 Å². The van der Waals surface area contributed by atoms with Gasteiger partial charge in [-0.3, -0.25) is 4.79 Å². The number of anilines is 1. The van der Waals surface area contributed by atoms with E-state index in [0.717, 1.165) is 4.73 Å². The number of aromatic amines is 1. The van der Waals surface area contributed by atoms with Crippen LogP contribution in [0.25, 0.3) is 22.4 Å². The highest BCUT2D eigenvalue weighted by Gasteiger charge is 2.15. The second kappa shape index (κ2) is 6.34. The molecular weight excluding hydrogens is 346 g/mol. The molecule has 0 unspecified atom stereocenters. The summed E-state index contributed by atoms with van der Waals surface area (Å²) < 4.78 is 1.37. The minimum absolute atomic E-state index is 0.273. The van der Waals surface area contributed by atoms with Crippen molar-refractivity contribution in [3.05, 3.63) is 71.7 Å². The van der Waals surface area contributed by atoms with Crippen LogP contribution >= 0.6 is 0 Å². The van der Waals surface area contributed by atoms with Crippen LogP contribution in [0.15, 0.2) is 60.8 Å². The lowest BCUT2D eigenvalue weighted by atomic mass is 10.2. The fourth-order valence-corrected chi connectivity index (χ4v) is 2.80. The van der Waals surface area contributed by atoms with Gasteiger partial charge in [-0.2, -0.15) is 9.47 Å². The van der Waals surface area contributed by atoms with E-state index in [9.17, 15) is 15.2 Å². The van der Waals surface area contributed by atoms with E-state index in [1.807, 2.05) is 0 Å². The van der Waals surface area contributed by atoms with Crippen LogP contribution in [0.2, 0.25) is 0 Å². The van der Waals surface area contributed by atoms with E-state index in [1.165, 1.54) is 6.07 Å². The number of carbonyl (C=O) groups is 1. The highest BCUT2D eigenvalue weighted by Crippen LogP contribution is 2.27. The molecule has 0 aliphatic carbocycles. The highest BCUT2D eigenvalue weighted by atomic mass is 16.5. The zero-order valence-corrected chi connectivity index (χ0v) is 14.1. The summed E-state index contributed by atoms with van der Waals surface area (Å²) in [6.07, 6.45) is 1.67. The molecule has 0 aliphatic heterocycles. The lowest BCUT2D eigenvalue weighted by Crippen LogP contribution is -2.12. The van der Waals surface area contributed by atoms with Crippen molar-refractivity contribution in [3.63, 3.8) is 0 Å². The third kappa shape index (κ3) is 2.99. The zero-order valence-electron chi connectivity index (χ0n) is 14.1. The number of aromatic nitrogens is 3. The molecule has 3 N–H and O–H groups in total. The number of H-pyrrole nitrogens is 1. The van der Waals surface area contributed by atoms with E-state index in [4.69, 9.17) is 0 Å². The monoisotopic (exact) mass is 361 g/mol. The molecule has 1 amide bonds. The first-order valence-corrected chi connectivity index (χ1v) is 8.07. The minimum Gasteiger partial charge on any atom is -0.619 e. The molecule has 0 spiro atoms. The van der Waals surface area contributed by atoms with Gasteiger partial charge in [0.1, 0.15) is 17.9 Å². The van der Waals surface area contributed by atoms with Crippen LogP contribution in [-0.4, -0.2) is 37.3 Å². The van der Waals surface area contributed by atoms with Gasteiger partial charge >= 0.3 is 0 Å². The van der Waals surface area contributed by atoms with Crippen LogP contribution in [0, 0.1) is 5.21 Å². The fourth-order valence-electron chi connectivity index (χ4n) is 2.80. The lowest BCUT2D eigenvalue weighted by molar-refractivity contribution is -0.349. The van der Waals surface area contributed by atoms with Crippen molar-refractivity contribution in [2.75, 3.05) is 5.32 Å². The predicted octanol–water partition coefficient (Wildman–Crippen LogP) is 3.36. The Morgan fingerprint density at radius 2 is 2.07 bits per heavy atom. The summed E-state index contributed by atoms with van der Waals surface area (Å²) in [4.78, 5) is 19.4. The van der Waals surface area contributed by atoms with E-state index in [0.29, 0.717) is 44.2 Å². The number of nitrogens with one attached hydrogen (secondary N) is 2. The van der Waals surface area contributed by atoms with Gasteiger partial charge in [-0.1, -0.05) is 12.1 Å². The molecule has 2 aromatic carbocycles. The molecule has 4 rings (SSSR count). The number of amides is 1. The Bertz CT molecular complexity index is 1160. The Morgan fingerprint density at radius 1 is 1.22 bits per heavy atom. The number of imidazole rings is 1. The maximum Gasteiger partial charge on any atom is 0.272 e. The Balaban J connectivity index is 1.70. The van der Waals surface area contributed by atoms with Gasteiger partial charge in [-0.05, 0) is 30.3 Å². The van der Waals surface area contributed by atoms with Crippen molar-refractivity contribution in [1.82, 2.24) is 14.7 Å². The van der Waals surface area contributed by atoms with Crippen LogP contribution in [0.1, 0.15) is 10.5 Å². The summed E-state index contributed by atoms with van der Waals surface area (Å²) in [5, 5.41) is 24.7. The molecule has 4 aromatic rings. The van der Waals surface area contributed by atoms with Crippen LogP contribution in [0.4, 0.5) is 11.4 Å². The van der Waals surface area contributed by atoms with Gasteiger partial charge in [0.15, 0.2) is 5.82 Å². The van der Waals surface area contributed by atoms with Crippen molar-refractivity contribution < 1.29 is 14.7 Å². The normalized spacial score (nSPS) is 10.8. The maximum absolute atomic E-state index is 12.2. The maximum atomic E-state index is 12.2. The van der Waals surface area contributed by atoms with Crippen molar-refractivity contribution in [3.8, 4) is 11.4 Å². The average molecular weight is 361 g/mol. The van der Waals surface area contributed by atoms with Gasteiger partial charge in [0.25, 0.3) is 5.91 Å². The number of hydrogen-bond donors (Lipinski definition) is 3. The molecule has 27 heavy (non-hydrogen) atoms. The molecule has 0 fully saturated rings. The van der Waals surface area contributed by atoms with Crippen molar-refractivity contribution in [2.24, 2.45) is 0 Å². The molecule has 0 radical (unpaired) electrons. The molecule has 0 atom stereocenters. The summed E-state index contributed by atoms with van der Waals surface area (Å²) in [5.41, 5.74) is 2.82. The van der Waals surface area contributed by atoms with Crippen LogP contribution in [0.5, 0.6) is 0 Å². The molecule has 8 heteroatoms. The third-order valence-corrected chi connectivity index (χ3v) is 4.12. The minimum atomic E-state index is -0.273. The summed E-state index contributed by atoms with van der Waals surface area (Å²) in [6.45, 7) is 3.29. The smallest absolute Gasteiger partial charge is 0.272 e. The van der Waals surface area contributed by atoms with Crippen molar-refractivity contribution >= 4 is 35.0 Å². The molecule has 0 aliphatic rings. The number of nitrogens with zero attached hydrogens (tertiary/aromatic N) is 3. The highest BCUT2D eigenvalue weighted by molar-refractivity contribution is 6.03. The number of rotatable bonds is 4. The molecular formula is C19H15N5O3. The lowest BCUT2D eigenvalue weighted by Gasteiger charge is -2.06. The summed E-state index contributed by atoms with van der Waals surface area (Å²) in [7, 11) is 0. The van der Waals surface area contributed by atoms with Gasteiger partial charge in [0.2, 0.25) is 5.69 Å². The number of benzene rings is 2. The molecule has 134 valence electrons. The van der Waals surface area contributed by atoms with E-state index < -0.39 is 0 Å². The number of carbonyl (C=O) groups excluding carboxylic acids is 1. The average Bonchev–Trinajstić information content (AvgIpc) is 3.30. The van der Waals surface area contributed by atoms with Gasteiger partial charge in [0, 0.05) is 29.6 Å². The summed E-state index contributed by atoms with van der Waals surface area (Å²) >= 11 is 0.